The van der Waals surface area contributed by atoms with Crippen LogP contribution in [0.2, 0.25) is 0 Å². The number of sulfonamides is 1. The zero-order chi connectivity index (χ0) is 14.7. The fraction of sp³-hybridized carbons (Fsp3) is 0.500. The topological polar surface area (TPSA) is 96.4 Å². The van der Waals surface area contributed by atoms with Crippen molar-refractivity contribution in [1.82, 2.24) is 4.98 Å². The van der Waals surface area contributed by atoms with Crippen LogP contribution in [0.4, 0.5) is 5.69 Å². The fourth-order valence-electron chi connectivity index (χ4n) is 1.53. The number of carboxylic acid groups (broad SMARTS) is 1. The van der Waals surface area contributed by atoms with E-state index in [1.54, 1.807) is 0 Å². The fourth-order valence-corrected chi connectivity index (χ4v) is 3.22. The van der Waals surface area contributed by atoms with Crippen molar-refractivity contribution in [3.05, 3.63) is 24.0 Å². The van der Waals surface area contributed by atoms with E-state index in [0.29, 0.717) is 11.4 Å². The molecule has 0 saturated carbocycles. The number of aliphatic carboxylic acids is 1. The van der Waals surface area contributed by atoms with Crippen molar-refractivity contribution in [3.8, 4) is 0 Å². The highest BCUT2D eigenvalue weighted by Crippen LogP contribution is 2.18. The molecule has 0 bridgehead atoms. The van der Waals surface area contributed by atoms with Gasteiger partial charge in [0.1, 0.15) is 0 Å². The van der Waals surface area contributed by atoms with Gasteiger partial charge < -0.3 is 5.11 Å². The van der Waals surface area contributed by atoms with Crippen molar-refractivity contribution in [2.75, 3.05) is 10.5 Å². The highest BCUT2D eigenvalue weighted by Gasteiger charge is 2.21. The second kappa shape index (κ2) is 5.56. The Morgan fingerprint density at radius 2 is 2.00 bits per heavy atom. The average molecular weight is 286 g/mol. The Morgan fingerprint density at radius 1 is 1.37 bits per heavy atom. The van der Waals surface area contributed by atoms with Gasteiger partial charge >= 0.3 is 5.97 Å². The van der Waals surface area contributed by atoms with Gasteiger partial charge in [-0.3, -0.25) is 14.5 Å². The van der Waals surface area contributed by atoms with Gasteiger partial charge in [-0.25, -0.2) is 8.42 Å². The molecule has 6 nitrogen and oxygen atoms in total. The molecule has 7 heteroatoms. The van der Waals surface area contributed by atoms with E-state index in [0.717, 1.165) is 0 Å². The zero-order valence-electron chi connectivity index (χ0n) is 11.2. The largest absolute Gasteiger partial charge is 0.481 e. The van der Waals surface area contributed by atoms with Crippen molar-refractivity contribution in [1.29, 1.82) is 0 Å². The summed E-state index contributed by atoms with van der Waals surface area (Å²) in [6.07, 6.45) is 1.13. The molecule has 0 fully saturated rings. The Bertz CT molecular complexity index is 544. The van der Waals surface area contributed by atoms with E-state index in [2.05, 4.69) is 9.71 Å². The molecule has 19 heavy (non-hydrogen) atoms. The number of carboxylic acids is 1. The van der Waals surface area contributed by atoms with E-state index in [-0.39, 0.29) is 17.6 Å². The lowest BCUT2D eigenvalue weighted by molar-refractivity contribution is -0.136. The number of rotatable bonds is 5. The molecule has 0 radical (unpaired) electrons. The predicted octanol–water partition coefficient (Wildman–Crippen LogP) is 1.50. The van der Waals surface area contributed by atoms with Crippen molar-refractivity contribution in [2.24, 2.45) is 5.41 Å². The number of nitrogens with zero attached hydrogens (tertiary/aromatic N) is 1. The maximum Gasteiger partial charge on any atom is 0.309 e. The van der Waals surface area contributed by atoms with Crippen LogP contribution in [-0.2, 0) is 21.2 Å². The summed E-state index contributed by atoms with van der Waals surface area (Å²) in [5, 5.41) is 8.60. The summed E-state index contributed by atoms with van der Waals surface area (Å²) in [5.41, 5.74) is 0.368. The summed E-state index contributed by atoms with van der Waals surface area (Å²) < 4.78 is 26.1. The van der Waals surface area contributed by atoms with Gasteiger partial charge in [0.05, 0.1) is 29.8 Å². The van der Waals surface area contributed by atoms with Crippen LogP contribution in [0.1, 0.15) is 26.5 Å². The quantitative estimate of drug-likeness (QED) is 0.855. The summed E-state index contributed by atoms with van der Waals surface area (Å²) in [6, 6.07) is 2.99. The number of carbonyl (C=O) groups is 1. The second-order valence-corrected chi connectivity index (χ2v) is 7.25. The van der Waals surface area contributed by atoms with Gasteiger partial charge in [0.2, 0.25) is 10.0 Å². The Kier molecular flexibility index (Phi) is 4.52. The standard InChI is InChI=1S/C12H18N2O4S/c1-12(2,3)8-19(17,18)14-10-5-4-9(13-7-10)6-11(15)16/h4-5,7,14H,6,8H2,1-3H3,(H,15,16). The maximum atomic E-state index is 11.8. The molecule has 1 rings (SSSR count). The highest BCUT2D eigenvalue weighted by atomic mass is 32.2. The minimum atomic E-state index is -3.43. The summed E-state index contributed by atoms with van der Waals surface area (Å²) in [5.74, 6) is -0.981. The average Bonchev–Trinajstić information content (AvgIpc) is 2.15. The van der Waals surface area contributed by atoms with E-state index in [4.69, 9.17) is 5.11 Å². The zero-order valence-corrected chi connectivity index (χ0v) is 12.0. The molecule has 0 aliphatic rings. The third kappa shape index (κ3) is 6.19. The Balaban J connectivity index is 2.75. The van der Waals surface area contributed by atoms with Gasteiger partial charge in [0.25, 0.3) is 0 Å². The first-order valence-electron chi connectivity index (χ1n) is 5.75. The van der Waals surface area contributed by atoms with E-state index in [9.17, 15) is 13.2 Å². The Labute approximate surface area is 112 Å². The van der Waals surface area contributed by atoms with E-state index >= 15 is 0 Å². The van der Waals surface area contributed by atoms with Crippen LogP contribution in [-0.4, -0.2) is 30.2 Å². The number of aromatic nitrogens is 1. The van der Waals surface area contributed by atoms with Gasteiger partial charge in [-0.15, -0.1) is 0 Å². The molecule has 1 aromatic heterocycles. The number of nitrogens with one attached hydrogen (secondary N) is 1. The van der Waals surface area contributed by atoms with E-state index < -0.39 is 16.0 Å². The van der Waals surface area contributed by atoms with Gasteiger partial charge in [-0.2, -0.15) is 0 Å². The SMILES string of the molecule is CC(C)(C)CS(=O)(=O)Nc1ccc(CC(=O)O)nc1. The van der Waals surface area contributed by atoms with Crippen LogP contribution >= 0.6 is 0 Å². The lowest BCUT2D eigenvalue weighted by Gasteiger charge is -2.18. The lowest BCUT2D eigenvalue weighted by atomic mass is 10.0. The molecule has 0 aliphatic carbocycles. The molecule has 0 unspecified atom stereocenters. The molecule has 0 atom stereocenters. The second-order valence-electron chi connectivity index (χ2n) is 5.53. The predicted molar refractivity (Wildman–Crippen MR) is 72.4 cm³/mol. The number of pyridine rings is 1. The molecule has 0 amide bonds. The molecule has 0 saturated heterocycles. The molecule has 0 aromatic carbocycles. The van der Waals surface area contributed by atoms with Gasteiger partial charge in [-0.1, -0.05) is 20.8 Å². The molecule has 106 valence electrons. The van der Waals surface area contributed by atoms with Crippen molar-refractivity contribution < 1.29 is 18.3 Å². The molecule has 0 spiro atoms. The summed E-state index contributed by atoms with van der Waals surface area (Å²) >= 11 is 0. The number of hydrogen-bond acceptors (Lipinski definition) is 4. The summed E-state index contributed by atoms with van der Waals surface area (Å²) in [6.45, 7) is 5.50. The smallest absolute Gasteiger partial charge is 0.309 e. The maximum absolute atomic E-state index is 11.8. The molecule has 0 aliphatic heterocycles. The Hall–Kier alpha value is -1.63. The van der Waals surface area contributed by atoms with Crippen LogP contribution in [0.5, 0.6) is 0 Å². The van der Waals surface area contributed by atoms with Crippen LogP contribution in [0, 0.1) is 5.41 Å². The first kappa shape index (κ1) is 15.4. The molecule has 1 heterocycles. The Morgan fingerprint density at radius 3 is 2.42 bits per heavy atom. The van der Waals surface area contributed by atoms with Crippen LogP contribution in [0.3, 0.4) is 0 Å². The lowest BCUT2D eigenvalue weighted by Crippen LogP contribution is -2.26. The molecule has 2 N–H and O–H groups in total. The van der Waals surface area contributed by atoms with Crippen LogP contribution in [0.15, 0.2) is 18.3 Å². The normalized spacial score (nSPS) is 12.2. The van der Waals surface area contributed by atoms with Crippen LogP contribution in [0.25, 0.3) is 0 Å². The third-order valence-corrected chi connectivity index (χ3v) is 3.85. The minimum Gasteiger partial charge on any atom is -0.481 e. The molecule has 1 aromatic rings. The first-order chi connectivity index (χ1) is 8.57. The number of anilines is 1. The number of hydrogen-bond donors (Lipinski definition) is 2. The van der Waals surface area contributed by atoms with E-state index in [1.165, 1.54) is 18.3 Å². The van der Waals surface area contributed by atoms with Gasteiger partial charge in [0, 0.05) is 0 Å². The first-order valence-corrected chi connectivity index (χ1v) is 7.40. The van der Waals surface area contributed by atoms with Crippen LogP contribution < -0.4 is 4.72 Å². The molecular weight excluding hydrogens is 268 g/mol. The summed E-state index contributed by atoms with van der Waals surface area (Å²) in [7, 11) is -3.43. The van der Waals surface area contributed by atoms with Crippen molar-refractivity contribution >= 4 is 21.7 Å². The van der Waals surface area contributed by atoms with Crippen molar-refractivity contribution in [2.45, 2.75) is 27.2 Å². The minimum absolute atomic E-state index is 0.00310. The third-order valence-electron chi connectivity index (χ3n) is 2.05. The highest BCUT2D eigenvalue weighted by molar-refractivity contribution is 7.92. The van der Waals surface area contributed by atoms with Gasteiger partial charge in [-0.05, 0) is 17.5 Å². The van der Waals surface area contributed by atoms with Crippen molar-refractivity contribution in [3.63, 3.8) is 0 Å². The summed E-state index contributed by atoms with van der Waals surface area (Å²) in [4.78, 5) is 14.4. The van der Waals surface area contributed by atoms with Gasteiger partial charge in [0.15, 0.2) is 0 Å². The monoisotopic (exact) mass is 286 g/mol. The van der Waals surface area contributed by atoms with E-state index in [1.807, 2.05) is 20.8 Å². The molecular formula is C12H18N2O4S.